The van der Waals surface area contributed by atoms with Crippen LogP contribution >= 0.6 is 0 Å². The minimum absolute atomic E-state index is 0.00916. The molecule has 0 atom stereocenters. The van der Waals surface area contributed by atoms with Gasteiger partial charge in [-0.05, 0) is 18.1 Å². The number of methoxy groups -OCH3 is 2. The first-order valence-corrected chi connectivity index (χ1v) is 10.5. The molecule has 2 N–H and O–H groups in total. The Labute approximate surface area is 161 Å². The third kappa shape index (κ3) is 5.57. The van der Waals surface area contributed by atoms with E-state index in [9.17, 15) is 13.2 Å². The summed E-state index contributed by atoms with van der Waals surface area (Å²) in [5.74, 6) is 1.28. The van der Waals surface area contributed by atoms with Crippen LogP contribution in [0.15, 0.2) is 23.1 Å². The molecule has 9 heteroatoms. The Morgan fingerprint density at radius 3 is 2.37 bits per heavy atom. The molecule has 1 fully saturated rings. The predicted molar refractivity (Wildman–Crippen MR) is 102 cm³/mol. The fraction of sp³-hybridized carbons (Fsp3) is 0.611. The summed E-state index contributed by atoms with van der Waals surface area (Å²) < 4.78 is 37.6. The van der Waals surface area contributed by atoms with Gasteiger partial charge in [0.15, 0.2) is 18.0 Å². The van der Waals surface area contributed by atoms with Gasteiger partial charge in [0.25, 0.3) is 5.91 Å². The second-order valence-electron chi connectivity index (χ2n) is 7.05. The first kappa shape index (κ1) is 21.5. The lowest BCUT2D eigenvalue weighted by atomic mass is 10.2. The summed E-state index contributed by atoms with van der Waals surface area (Å²) in [4.78, 5) is 13.2. The average Bonchev–Trinajstić information content (AvgIpc) is 2.66. The molecule has 1 saturated heterocycles. The van der Waals surface area contributed by atoms with Crippen LogP contribution in [0.4, 0.5) is 0 Å². The summed E-state index contributed by atoms with van der Waals surface area (Å²) in [6.07, 6.45) is 0. The highest BCUT2D eigenvalue weighted by molar-refractivity contribution is 7.89. The molecule has 0 aromatic heterocycles. The molecule has 1 aliphatic rings. The van der Waals surface area contributed by atoms with E-state index in [-0.39, 0.29) is 10.8 Å². The highest BCUT2D eigenvalue weighted by Crippen LogP contribution is 2.30. The monoisotopic (exact) mass is 400 g/mol. The van der Waals surface area contributed by atoms with Crippen molar-refractivity contribution in [2.75, 3.05) is 53.5 Å². The van der Waals surface area contributed by atoms with E-state index in [1.165, 1.54) is 30.7 Å². The van der Waals surface area contributed by atoms with E-state index in [1.54, 1.807) is 6.07 Å². The lowest BCUT2D eigenvalue weighted by molar-refractivity contribution is -0.895. The Balaban J connectivity index is 1.97. The van der Waals surface area contributed by atoms with Gasteiger partial charge in [-0.15, -0.1) is 0 Å². The van der Waals surface area contributed by atoms with Gasteiger partial charge < -0.3 is 19.7 Å². The van der Waals surface area contributed by atoms with Crippen molar-refractivity contribution in [2.24, 2.45) is 5.92 Å². The van der Waals surface area contributed by atoms with Crippen molar-refractivity contribution in [3.8, 4) is 11.5 Å². The van der Waals surface area contributed by atoms with Gasteiger partial charge in [0.2, 0.25) is 10.0 Å². The molecule has 1 aromatic carbocycles. The zero-order valence-electron chi connectivity index (χ0n) is 16.4. The molecule has 0 bridgehead atoms. The molecule has 27 heavy (non-hydrogen) atoms. The molecule has 1 amide bonds. The molecule has 0 aliphatic carbocycles. The van der Waals surface area contributed by atoms with Crippen molar-refractivity contribution >= 4 is 15.9 Å². The lowest BCUT2D eigenvalue weighted by Gasteiger charge is -2.31. The van der Waals surface area contributed by atoms with Crippen molar-refractivity contribution < 1.29 is 27.6 Å². The van der Waals surface area contributed by atoms with Crippen LogP contribution in [-0.2, 0) is 14.8 Å². The molecular weight excluding hydrogens is 370 g/mol. The van der Waals surface area contributed by atoms with Gasteiger partial charge in [0.05, 0.1) is 45.3 Å². The molecule has 1 heterocycles. The van der Waals surface area contributed by atoms with Crippen LogP contribution in [0.1, 0.15) is 13.8 Å². The number of benzene rings is 1. The zero-order valence-corrected chi connectivity index (χ0v) is 17.3. The maximum Gasteiger partial charge on any atom is 0.275 e. The number of hydrogen-bond acceptors (Lipinski definition) is 5. The first-order valence-electron chi connectivity index (χ1n) is 9.10. The van der Waals surface area contributed by atoms with Crippen molar-refractivity contribution in [1.29, 1.82) is 0 Å². The molecule has 8 nitrogen and oxygen atoms in total. The van der Waals surface area contributed by atoms with Crippen molar-refractivity contribution in [3.63, 3.8) is 0 Å². The van der Waals surface area contributed by atoms with E-state index in [2.05, 4.69) is 5.32 Å². The lowest BCUT2D eigenvalue weighted by Crippen LogP contribution is -3.15. The normalized spacial score (nSPS) is 16.3. The highest BCUT2D eigenvalue weighted by atomic mass is 32.2. The number of nitrogens with one attached hydrogen (secondary N) is 2. The number of piperazine rings is 1. The van der Waals surface area contributed by atoms with E-state index in [1.807, 2.05) is 13.8 Å². The molecule has 152 valence electrons. The van der Waals surface area contributed by atoms with Crippen molar-refractivity contribution in [1.82, 2.24) is 9.62 Å². The zero-order chi connectivity index (χ0) is 20.0. The van der Waals surface area contributed by atoms with E-state index in [0.717, 1.165) is 4.90 Å². The molecule has 0 spiro atoms. The SMILES string of the molecule is COc1ccc(S(=O)(=O)N2CC[NH+](CC(=O)NCC(C)C)CC2)cc1OC. The standard InChI is InChI=1S/C18H29N3O5S/c1-14(2)12-19-18(22)13-20-7-9-21(10-8-20)27(23,24)15-5-6-16(25-3)17(11-15)26-4/h5-6,11,14H,7-10,12-13H2,1-4H3,(H,19,22)/p+1. The maximum atomic E-state index is 12.9. The van der Waals surface area contributed by atoms with Gasteiger partial charge in [0, 0.05) is 12.6 Å². The van der Waals surface area contributed by atoms with E-state index >= 15 is 0 Å². The Kier molecular flexibility index (Phi) is 7.46. The van der Waals surface area contributed by atoms with Gasteiger partial charge in [-0.1, -0.05) is 13.8 Å². The summed E-state index contributed by atoms with van der Waals surface area (Å²) in [7, 11) is -0.631. The third-order valence-corrected chi connectivity index (χ3v) is 6.43. The largest absolute Gasteiger partial charge is 0.493 e. The van der Waals surface area contributed by atoms with Gasteiger partial charge in [0.1, 0.15) is 0 Å². The van der Waals surface area contributed by atoms with Gasteiger partial charge in [-0.2, -0.15) is 4.31 Å². The van der Waals surface area contributed by atoms with Crippen molar-refractivity contribution in [2.45, 2.75) is 18.7 Å². The number of carbonyl (C=O) groups is 1. The first-order chi connectivity index (χ1) is 12.8. The minimum Gasteiger partial charge on any atom is -0.493 e. The van der Waals surface area contributed by atoms with E-state index in [0.29, 0.717) is 56.7 Å². The Morgan fingerprint density at radius 1 is 1.19 bits per heavy atom. The van der Waals surface area contributed by atoms with Gasteiger partial charge >= 0.3 is 0 Å². The van der Waals surface area contributed by atoms with Crippen LogP contribution in [0, 0.1) is 5.92 Å². The Morgan fingerprint density at radius 2 is 1.81 bits per heavy atom. The average molecular weight is 401 g/mol. The van der Waals surface area contributed by atoms with Crippen LogP contribution in [0.5, 0.6) is 11.5 Å². The molecule has 0 radical (unpaired) electrons. The number of hydrogen-bond donors (Lipinski definition) is 2. The van der Waals surface area contributed by atoms with Crippen LogP contribution in [0.25, 0.3) is 0 Å². The number of rotatable bonds is 8. The summed E-state index contributed by atoms with van der Waals surface area (Å²) >= 11 is 0. The quantitative estimate of drug-likeness (QED) is 0.606. The number of sulfonamides is 1. The number of ether oxygens (including phenoxy) is 2. The number of nitrogens with zero attached hydrogens (tertiary/aromatic N) is 1. The van der Waals surface area contributed by atoms with E-state index in [4.69, 9.17) is 9.47 Å². The Hall–Kier alpha value is -1.84. The molecule has 0 unspecified atom stereocenters. The molecule has 1 aromatic rings. The van der Waals surface area contributed by atoms with E-state index < -0.39 is 10.0 Å². The maximum absolute atomic E-state index is 12.9. The second kappa shape index (κ2) is 9.38. The highest BCUT2D eigenvalue weighted by Gasteiger charge is 2.31. The summed E-state index contributed by atoms with van der Waals surface area (Å²) in [5, 5.41) is 2.90. The minimum atomic E-state index is -3.61. The summed E-state index contributed by atoms with van der Waals surface area (Å²) in [6.45, 7) is 7.08. The number of quaternary nitrogens is 1. The number of carbonyl (C=O) groups excluding carboxylic acids is 1. The Bertz CT molecular complexity index is 743. The fourth-order valence-corrected chi connectivity index (χ4v) is 4.41. The number of amides is 1. The smallest absolute Gasteiger partial charge is 0.275 e. The predicted octanol–water partition coefficient (Wildman–Crippen LogP) is -0.635. The van der Waals surface area contributed by atoms with Gasteiger partial charge in [-0.3, -0.25) is 4.79 Å². The van der Waals surface area contributed by atoms with Crippen LogP contribution in [-0.4, -0.2) is 72.1 Å². The molecule has 2 rings (SSSR count). The van der Waals surface area contributed by atoms with Crippen LogP contribution in [0.3, 0.4) is 0 Å². The molecular formula is C18H30N3O5S+. The van der Waals surface area contributed by atoms with Crippen LogP contribution in [0.2, 0.25) is 0 Å². The fourth-order valence-electron chi connectivity index (χ4n) is 2.95. The third-order valence-electron chi connectivity index (χ3n) is 4.54. The second-order valence-corrected chi connectivity index (χ2v) is 8.98. The van der Waals surface area contributed by atoms with Gasteiger partial charge in [-0.25, -0.2) is 8.42 Å². The molecule has 1 aliphatic heterocycles. The van der Waals surface area contributed by atoms with Crippen molar-refractivity contribution in [3.05, 3.63) is 18.2 Å². The molecule has 0 saturated carbocycles. The summed E-state index contributed by atoms with van der Waals surface area (Å²) in [6, 6.07) is 4.59. The summed E-state index contributed by atoms with van der Waals surface area (Å²) in [5.41, 5.74) is 0. The topological polar surface area (TPSA) is 89.4 Å². The van der Waals surface area contributed by atoms with Crippen LogP contribution < -0.4 is 19.7 Å².